The summed E-state index contributed by atoms with van der Waals surface area (Å²) < 4.78 is 31.5. The maximum atomic E-state index is 13.3. The number of hydrogen-bond acceptors (Lipinski definition) is 6. The smallest absolute Gasteiger partial charge is 0.339 e. The van der Waals surface area contributed by atoms with Crippen LogP contribution in [0.4, 0.5) is 0 Å². The first-order chi connectivity index (χ1) is 16.6. The summed E-state index contributed by atoms with van der Waals surface area (Å²) in [5.74, 6) is -0.0936. The van der Waals surface area contributed by atoms with Gasteiger partial charge in [-0.3, -0.25) is 9.78 Å². The van der Waals surface area contributed by atoms with E-state index < -0.39 is 15.8 Å². The van der Waals surface area contributed by atoms with Gasteiger partial charge in [0.2, 0.25) is 5.78 Å². The van der Waals surface area contributed by atoms with Crippen molar-refractivity contribution in [3.8, 4) is 0 Å². The van der Waals surface area contributed by atoms with Crippen LogP contribution in [0.5, 0.6) is 0 Å². The van der Waals surface area contributed by atoms with Crippen molar-refractivity contribution in [3.63, 3.8) is 0 Å². The molecule has 0 radical (unpaired) electrons. The molecular formula is C27H30N2O5S. The first-order valence-corrected chi connectivity index (χ1v) is 14.0. The van der Waals surface area contributed by atoms with Crippen LogP contribution in [0.3, 0.4) is 0 Å². The van der Waals surface area contributed by atoms with Gasteiger partial charge in [0, 0.05) is 34.1 Å². The van der Waals surface area contributed by atoms with E-state index in [1.165, 1.54) is 0 Å². The van der Waals surface area contributed by atoms with Crippen molar-refractivity contribution in [1.82, 2.24) is 9.55 Å². The topological polar surface area (TPSA) is 95.3 Å². The quantitative estimate of drug-likeness (QED) is 0.390. The second-order valence-corrected chi connectivity index (χ2v) is 12.2. The second-order valence-electron chi connectivity index (χ2n) is 9.99. The van der Waals surface area contributed by atoms with Crippen LogP contribution in [-0.4, -0.2) is 47.8 Å². The van der Waals surface area contributed by atoms with Gasteiger partial charge < -0.3 is 9.30 Å². The van der Waals surface area contributed by atoms with E-state index in [1.807, 2.05) is 42.7 Å². The highest BCUT2D eigenvalue weighted by atomic mass is 32.2. The van der Waals surface area contributed by atoms with Gasteiger partial charge in [0.15, 0.2) is 16.4 Å². The SMILES string of the molecule is Cc1cc(C(=O)COC(=O)c2c3c(nc4ccccc24)CCC(C)C3)c(C)n1C1CCS(=O)(=O)C1. The fourth-order valence-electron chi connectivity index (χ4n) is 5.68. The predicted octanol–water partition coefficient (Wildman–Crippen LogP) is 4.18. The molecule has 0 N–H and O–H groups in total. The fourth-order valence-corrected chi connectivity index (χ4v) is 7.38. The molecule has 8 heteroatoms. The summed E-state index contributed by atoms with van der Waals surface area (Å²) in [7, 11) is -3.05. The molecule has 1 saturated heterocycles. The van der Waals surface area contributed by atoms with Gasteiger partial charge in [0.25, 0.3) is 0 Å². The van der Waals surface area contributed by atoms with Gasteiger partial charge in [-0.25, -0.2) is 13.2 Å². The third-order valence-electron chi connectivity index (χ3n) is 7.40. The van der Waals surface area contributed by atoms with Gasteiger partial charge >= 0.3 is 5.97 Å². The van der Waals surface area contributed by atoms with Crippen LogP contribution in [0.1, 0.15) is 69.2 Å². The molecule has 1 aromatic carbocycles. The van der Waals surface area contributed by atoms with Gasteiger partial charge in [-0.2, -0.15) is 0 Å². The molecule has 3 aromatic rings. The average molecular weight is 495 g/mol. The number of ketones is 1. The Labute approximate surface area is 205 Å². The molecule has 0 saturated carbocycles. The number of aryl methyl sites for hydroxylation is 2. The molecule has 184 valence electrons. The van der Waals surface area contributed by atoms with Gasteiger partial charge in [-0.1, -0.05) is 25.1 Å². The Morgan fingerprint density at radius 3 is 2.69 bits per heavy atom. The fraction of sp³-hybridized carbons (Fsp3) is 0.444. The van der Waals surface area contributed by atoms with E-state index >= 15 is 0 Å². The molecule has 7 nitrogen and oxygen atoms in total. The summed E-state index contributed by atoms with van der Waals surface area (Å²) in [4.78, 5) is 31.2. The molecule has 0 amide bonds. The molecule has 0 bridgehead atoms. The number of nitrogens with zero attached hydrogens (tertiary/aromatic N) is 2. The summed E-state index contributed by atoms with van der Waals surface area (Å²) >= 11 is 0. The Kier molecular flexibility index (Phi) is 6.03. The normalized spacial score (nSPS) is 21.1. The zero-order chi connectivity index (χ0) is 24.9. The largest absolute Gasteiger partial charge is 0.454 e. The lowest BCUT2D eigenvalue weighted by Gasteiger charge is -2.24. The summed E-state index contributed by atoms with van der Waals surface area (Å²) in [6.45, 7) is 5.49. The molecule has 35 heavy (non-hydrogen) atoms. The van der Waals surface area contributed by atoms with Crippen LogP contribution in [-0.2, 0) is 27.4 Å². The Hall–Kier alpha value is -3.00. The van der Waals surface area contributed by atoms with Crippen molar-refractivity contribution >= 4 is 32.5 Å². The molecule has 2 aromatic heterocycles. The first kappa shape index (κ1) is 23.7. The molecule has 2 aliphatic rings. The number of rotatable bonds is 5. The van der Waals surface area contributed by atoms with Gasteiger partial charge in [0.1, 0.15) is 0 Å². The number of ether oxygens (including phenoxy) is 1. The molecule has 2 atom stereocenters. The van der Waals surface area contributed by atoms with Crippen molar-refractivity contribution < 1.29 is 22.7 Å². The van der Waals surface area contributed by atoms with Crippen LogP contribution in [0.15, 0.2) is 30.3 Å². The molecule has 1 aliphatic carbocycles. The van der Waals surface area contributed by atoms with Crippen molar-refractivity contribution in [3.05, 3.63) is 64.1 Å². The number of para-hydroxylation sites is 1. The number of Topliss-reactive ketones (excluding diaryl/α,β-unsaturated/α-hetero) is 1. The minimum absolute atomic E-state index is 0.0879. The number of pyridine rings is 1. The van der Waals surface area contributed by atoms with E-state index in [1.54, 1.807) is 6.07 Å². The maximum Gasteiger partial charge on any atom is 0.339 e. The number of sulfone groups is 1. The maximum absolute atomic E-state index is 13.3. The summed E-state index contributed by atoms with van der Waals surface area (Å²) in [5, 5.41) is 0.749. The lowest BCUT2D eigenvalue weighted by molar-refractivity contribution is 0.0474. The minimum atomic E-state index is -3.05. The molecule has 0 spiro atoms. The number of aromatic nitrogens is 2. The Bertz CT molecular complexity index is 1450. The van der Waals surface area contributed by atoms with Crippen LogP contribution in [0.2, 0.25) is 0 Å². The number of fused-ring (bicyclic) bond motifs is 2. The predicted molar refractivity (Wildman–Crippen MR) is 134 cm³/mol. The Morgan fingerprint density at radius 1 is 1.17 bits per heavy atom. The molecule has 1 aliphatic heterocycles. The number of hydrogen-bond donors (Lipinski definition) is 0. The molecular weight excluding hydrogens is 464 g/mol. The summed E-state index contributed by atoms with van der Waals surface area (Å²) in [5.41, 5.74) is 5.17. The van der Waals surface area contributed by atoms with Crippen molar-refractivity contribution in [2.45, 2.75) is 52.5 Å². The Morgan fingerprint density at radius 2 is 1.94 bits per heavy atom. The van der Waals surface area contributed by atoms with Crippen LogP contribution < -0.4 is 0 Å². The zero-order valence-electron chi connectivity index (χ0n) is 20.3. The number of esters is 1. The first-order valence-electron chi connectivity index (χ1n) is 12.1. The van der Waals surface area contributed by atoms with E-state index in [2.05, 4.69) is 6.92 Å². The van der Waals surface area contributed by atoms with E-state index in [9.17, 15) is 18.0 Å². The van der Waals surface area contributed by atoms with Crippen molar-refractivity contribution in [1.29, 1.82) is 0 Å². The number of carbonyl (C=O) groups excluding carboxylic acids is 2. The van der Waals surface area contributed by atoms with Crippen molar-refractivity contribution in [2.75, 3.05) is 18.1 Å². The molecule has 2 unspecified atom stereocenters. The zero-order valence-corrected chi connectivity index (χ0v) is 21.2. The van der Waals surface area contributed by atoms with Gasteiger partial charge in [-0.15, -0.1) is 0 Å². The lowest BCUT2D eigenvalue weighted by atomic mass is 9.84. The average Bonchev–Trinajstić information content (AvgIpc) is 3.32. The van der Waals surface area contributed by atoms with E-state index in [0.29, 0.717) is 29.2 Å². The molecule has 3 heterocycles. The highest BCUT2D eigenvalue weighted by molar-refractivity contribution is 7.91. The third kappa shape index (κ3) is 4.40. The van der Waals surface area contributed by atoms with E-state index in [-0.39, 0.29) is 29.9 Å². The Balaban J connectivity index is 1.40. The summed E-state index contributed by atoms with van der Waals surface area (Å²) in [6.07, 6.45) is 3.16. The van der Waals surface area contributed by atoms with Crippen LogP contribution in [0.25, 0.3) is 10.9 Å². The van der Waals surface area contributed by atoms with Crippen LogP contribution >= 0.6 is 0 Å². The minimum Gasteiger partial charge on any atom is -0.454 e. The summed E-state index contributed by atoms with van der Waals surface area (Å²) in [6, 6.07) is 9.15. The lowest BCUT2D eigenvalue weighted by Crippen LogP contribution is -2.21. The second kappa shape index (κ2) is 8.90. The van der Waals surface area contributed by atoms with Gasteiger partial charge in [0.05, 0.1) is 22.6 Å². The van der Waals surface area contributed by atoms with Crippen LogP contribution in [0, 0.1) is 19.8 Å². The number of carbonyl (C=O) groups is 2. The highest BCUT2D eigenvalue weighted by Crippen LogP contribution is 2.32. The van der Waals surface area contributed by atoms with E-state index in [4.69, 9.17) is 9.72 Å². The third-order valence-corrected chi connectivity index (χ3v) is 9.15. The standard InChI is InChI=1S/C27H30N2O5S/c1-16-8-9-24-22(12-16)26(20-6-4-5-7-23(20)28-24)27(31)34-14-25(30)21-13-17(2)29(18(21)3)19-10-11-35(32,33)15-19/h4-7,13,16,19H,8-12,14-15H2,1-3H3. The highest BCUT2D eigenvalue weighted by Gasteiger charge is 2.32. The molecule has 1 fully saturated rings. The van der Waals surface area contributed by atoms with E-state index in [0.717, 1.165) is 47.1 Å². The molecule has 5 rings (SSSR count). The number of benzene rings is 1. The monoisotopic (exact) mass is 494 g/mol. The van der Waals surface area contributed by atoms with Crippen molar-refractivity contribution in [2.24, 2.45) is 5.92 Å². The van der Waals surface area contributed by atoms with Gasteiger partial charge in [-0.05, 0) is 63.1 Å².